The average Bonchev–Trinajstić information content (AvgIpc) is 2.83. The Kier molecular flexibility index (Phi) is 2.46. The molecule has 1 aliphatic rings. The highest BCUT2D eigenvalue weighted by atomic mass is 16.5. The monoisotopic (exact) mass is 196 g/mol. The van der Waals surface area contributed by atoms with Gasteiger partial charge in [-0.25, -0.2) is 4.79 Å². The average molecular weight is 196 g/mol. The van der Waals surface area contributed by atoms with Crippen molar-refractivity contribution >= 4 is 0 Å². The molecule has 1 heterocycles. The van der Waals surface area contributed by atoms with Gasteiger partial charge in [0.15, 0.2) is 0 Å². The quantitative estimate of drug-likeness (QED) is 0.763. The van der Waals surface area contributed by atoms with E-state index in [0.717, 1.165) is 19.6 Å². The van der Waals surface area contributed by atoms with E-state index in [1.165, 1.54) is 12.8 Å². The summed E-state index contributed by atoms with van der Waals surface area (Å²) in [5.41, 5.74) is 0.330. The van der Waals surface area contributed by atoms with Crippen LogP contribution in [0.5, 0.6) is 0 Å². The summed E-state index contributed by atoms with van der Waals surface area (Å²) >= 11 is 0. The molecule has 0 bridgehead atoms. The van der Waals surface area contributed by atoms with Crippen LogP contribution in [-0.4, -0.2) is 23.3 Å². The van der Waals surface area contributed by atoms with Crippen LogP contribution in [0.3, 0.4) is 0 Å². The zero-order valence-electron chi connectivity index (χ0n) is 8.45. The summed E-state index contributed by atoms with van der Waals surface area (Å²) in [4.78, 5) is 13.9. The minimum absolute atomic E-state index is 0.00584. The Labute approximate surface area is 82.9 Å². The molecule has 1 aromatic heterocycles. The minimum Gasteiger partial charge on any atom is -0.385 e. The van der Waals surface area contributed by atoms with Crippen molar-refractivity contribution in [1.29, 1.82) is 0 Å². The van der Waals surface area contributed by atoms with E-state index in [9.17, 15) is 4.79 Å². The van der Waals surface area contributed by atoms with Gasteiger partial charge in [-0.05, 0) is 24.7 Å². The number of hydrogen-bond donors (Lipinski definition) is 1. The molecule has 0 spiro atoms. The first-order valence-corrected chi connectivity index (χ1v) is 4.99. The van der Waals surface area contributed by atoms with Crippen molar-refractivity contribution in [3.8, 4) is 0 Å². The number of aromatic amines is 1. The van der Waals surface area contributed by atoms with Crippen LogP contribution in [0.1, 0.15) is 19.3 Å². The van der Waals surface area contributed by atoms with Crippen molar-refractivity contribution in [2.45, 2.75) is 25.8 Å². The first-order valence-electron chi connectivity index (χ1n) is 4.99. The summed E-state index contributed by atoms with van der Waals surface area (Å²) in [6.07, 6.45) is 6.99. The van der Waals surface area contributed by atoms with Crippen molar-refractivity contribution < 1.29 is 4.74 Å². The first-order chi connectivity index (χ1) is 6.76. The van der Waals surface area contributed by atoms with Gasteiger partial charge in [0.1, 0.15) is 0 Å². The van der Waals surface area contributed by atoms with Crippen LogP contribution >= 0.6 is 0 Å². The van der Waals surface area contributed by atoms with Crippen LogP contribution in [0, 0.1) is 5.41 Å². The van der Waals surface area contributed by atoms with Gasteiger partial charge in [-0.15, -0.1) is 0 Å². The van der Waals surface area contributed by atoms with Crippen molar-refractivity contribution in [1.82, 2.24) is 9.55 Å². The van der Waals surface area contributed by atoms with Crippen LogP contribution in [0.2, 0.25) is 0 Å². The maximum atomic E-state index is 11.3. The molecule has 0 amide bonds. The van der Waals surface area contributed by atoms with Gasteiger partial charge in [0, 0.05) is 32.7 Å². The fraction of sp³-hybridized carbons (Fsp3) is 0.700. The molecule has 1 aliphatic carbocycles. The second-order valence-corrected chi connectivity index (χ2v) is 4.14. The smallest absolute Gasteiger partial charge is 0.325 e. The largest absolute Gasteiger partial charge is 0.385 e. The molecule has 1 saturated carbocycles. The van der Waals surface area contributed by atoms with Crippen molar-refractivity contribution in [2.24, 2.45) is 5.41 Å². The predicted octanol–water partition coefficient (Wildman–Crippen LogP) is 0.993. The summed E-state index contributed by atoms with van der Waals surface area (Å²) in [7, 11) is 1.72. The Morgan fingerprint density at radius 1 is 1.64 bits per heavy atom. The second-order valence-electron chi connectivity index (χ2n) is 4.14. The highest BCUT2D eigenvalue weighted by Gasteiger charge is 2.42. The molecular formula is C10H16N2O2. The number of rotatable bonds is 5. The van der Waals surface area contributed by atoms with Gasteiger partial charge >= 0.3 is 5.69 Å². The standard InChI is InChI=1S/C10H16N2O2/c1-14-7-4-10(2-3-10)8-12-6-5-11-9(12)13/h5-6H,2-4,7-8H2,1H3,(H,11,13). The topological polar surface area (TPSA) is 47.0 Å². The second kappa shape index (κ2) is 3.61. The molecule has 1 fully saturated rings. The molecule has 4 heteroatoms. The maximum Gasteiger partial charge on any atom is 0.325 e. The number of aromatic nitrogens is 2. The third-order valence-corrected chi connectivity index (χ3v) is 3.02. The van der Waals surface area contributed by atoms with E-state index >= 15 is 0 Å². The molecule has 14 heavy (non-hydrogen) atoms. The van der Waals surface area contributed by atoms with Gasteiger partial charge in [0.25, 0.3) is 0 Å². The Morgan fingerprint density at radius 3 is 2.93 bits per heavy atom. The van der Waals surface area contributed by atoms with Crippen molar-refractivity contribution in [3.63, 3.8) is 0 Å². The lowest BCUT2D eigenvalue weighted by atomic mass is 10.0. The molecule has 4 nitrogen and oxygen atoms in total. The van der Waals surface area contributed by atoms with Gasteiger partial charge in [0.05, 0.1) is 0 Å². The number of imidazole rings is 1. The summed E-state index contributed by atoms with van der Waals surface area (Å²) in [5.74, 6) is 0. The van der Waals surface area contributed by atoms with Crippen molar-refractivity contribution in [3.05, 3.63) is 22.9 Å². The molecule has 78 valence electrons. The molecular weight excluding hydrogens is 180 g/mol. The lowest BCUT2D eigenvalue weighted by Crippen LogP contribution is -2.22. The van der Waals surface area contributed by atoms with Crippen LogP contribution < -0.4 is 5.69 Å². The van der Waals surface area contributed by atoms with Gasteiger partial charge in [0.2, 0.25) is 0 Å². The SMILES string of the molecule is COCCC1(Cn2cc[nH]c2=O)CC1. The lowest BCUT2D eigenvalue weighted by molar-refractivity contribution is 0.166. The number of H-pyrrole nitrogens is 1. The normalized spacial score (nSPS) is 18.4. The summed E-state index contributed by atoms with van der Waals surface area (Å²) in [6, 6.07) is 0. The van der Waals surface area contributed by atoms with E-state index in [1.807, 2.05) is 6.20 Å². The number of hydrogen-bond acceptors (Lipinski definition) is 2. The Bertz CT molecular complexity index is 349. The van der Waals surface area contributed by atoms with Crippen molar-refractivity contribution in [2.75, 3.05) is 13.7 Å². The molecule has 0 aromatic carbocycles. The molecule has 1 aromatic rings. The van der Waals surface area contributed by atoms with Crippen LogP contribution in [0.25, 0.3) is 0 Å². The third-order valence-electron chi connectivity index (χ3n) is 3.02. The van der Waals surface area contributed by atoms with E-state index in [-0.39, 0.29) is 5.69 Å². The molecule has 0 saturated heterocycles. The zero-order valence-corrected chi connectivity index (χ0v) is 8.45. The van der Waals surface area contributed by atoms with Gasteiger partial charge in [-0.2, -0.15) is 0 Å². The Morgan fingerprint density at radius 2 is 2.43 bits per heavy atom. The molecule has 0 atom stereocenters. The lowest BCUT2D eigenvalue weighted by Gasteiger charge is -2.14. The number of nitrogens with zero attached hydrogens (tertiary/aromatic N) is 1. The molecule has 2 rings (SSSR count). The van der Waals surface area contributed by atoms with E-state index in [2.05, 4.69) is 4.98 Å². The fourth-order valence-corrected chi connectivity index (χ4v) is 1.82. The molecule has 0 aliphatic heterocycles. The van der Waals surface area contributed by atoms with Gasteiger partial charge in [-0.3, -0.25) is 4.57 Å². The third kappa shape index (κ3) is 1.90. The zero-order chi connectivity index (χ0) is 10.0. The molecule has 0 unspecified atom stereocenters. The Hall–Kier alpha value is -1.03. The molecule has 0 radical (unpaired) electrons. The maximum absolute atomic E-state index is 11.3. The number of ether oxygens (including phenoxy) is 1. The number of methoxy groups -OCH3 is 1. The molecule has 1 N–H and O–H groups in total. The van der Waals surface area contributed by atoms with E-state index in [0.29, 0.717) is 5.41 Å². The van der Waals surface area contributed by atoms with Crippen LogP contribution in [0.4, 0.5) is 0 Å². The Balaban J connectivity index is 1.97. The van der Waals surface area contributed by atoms with E-state index < -0.39 is 0 Å². The van der Waals surface area contributed by atoms with Gasteiger partial charge < -0.3 is 9.72 Å². The highest BCUT2D eigenvalue weighted by Crippen LogP contribution is 2.49. The van der Waals surface area contributed by atoms with Crippen LogP contribution in [-0.2, 0) is 11.3 Å². The van der Waals surface area contributed by atoms with Crippen LogP contribution in [0.15, 0.2) is 17.2 Å². The first kappa shape index (κ1) is 9.52. The summed E-state index contributed by atoms with van der Waals surface area (Å²) in [5, 5.41) is 0. The summed E-state index contributed by atoms with van der Waals surface area (Å²) in [6.45, 7) is 1.62. The van der Waals surface area contributed by atoms with Gasteiger partial charge in [-0.1, -0.05) is 0 Å². The summed E-state index contributed by atoms with van der Waals surface area (Å²) < 4.78 is 6.82. The van der Waals surface area contributed by atoms with E-state index in [1.54, 1.807) is 17.9 Å². The highest BCUT2D eigenvalue weighted by molar-refractivity contribution is 4.94. The number of nitrogens with one attached hydrogen (secondary N) is 1. The van der Waals surface area contributed by atoms with E-state index in [4.69, 9.17) is 4.74 Å². The predicted molar refractivity (Wildman–Crippen MR) is 53.2 cm³/mol. The minimum atomic E-state index is -0.00584. The fourth-order valence-electron chi connectivity index (χ4n) is 1.82.